The number of carbonyl (C=O) groups excluding carboxylic acids is 1. The number of halogens is 2. The fourth-order valence-corrected chi connectivity index (χ4v) is 3.43. The molecular weight excluding hydrogens is 382 g/mol. The largest absolute Gasteiger partial charge is 0.378 e. The van der Waals surface area contributed by atoms with Gasteiger partial charge in [0.1, 0.15) is 0 Å². The normalized spacial score (nSPS) is 22.8. The molecule has 1 N–H and O–H groups in total. The van der Waals surface area contributed by atoms with Gasteiger partial charge >= 0.3 is 0 Å². The monoisotopic (exact) mass is 395 g/mol. The molecule has 8 heteroatoms. The average molecular weight is 397 g/mol. The third-order valence-corrected chi connectivity index (χ3v) is 5.33. The van der Waals surface area contributed by atoms with Gasteiger partial charge in [0, 0.05) is 27.8 Å². The van der Waals surface area contributed by atoms with E-state index in [0.29, 0.717) is 11.1 Å². The summed E-state index contributed by atoms with van der Waals surface area (Å²) >= 11 is 3.25. The predicted molar refractivity (Wildman–Crippen MR) is 83.1 cm³/mol. The van der Waals surface area contributed by atoms with Crippen LogP contribution in [0.3, 0.4) is 0 Å². The fraction of sp³-hybridized carbons (Fsp3) is 0.462. The van der Waals surface area contributed by atoms with E-state index in [1.165, 1.54) is 18.2 Å². The highest BCUT2D eigenvalue weighted by atomic mass is 79.9. The minimum atomic E-state index is -3.87. The fourth-order valence-electron chi connectivity index (χ4n) is 2.22. The van der Waals surface area contributed by atoms with E-state index in [0.717, 1.165) is 12.8 Å². The van der Waals surface area contributed by atoms with E-state index in [2.05, 4.69) is 21.2 Å². The lowest BCUT2D eigenvalue weighted by atomic mass is 10.0. The molecule has 0 saturated carbocycles. The van der Waals surface area contributed by atoms with Gasteiger partial charge in [-0.1, -0.05) is 0 Å². The predicted octanol–water partition coefficient (Wildman–Crippen LogP) is 2.67. The molecule has 1 aliphatic rings. The van der Waals surface area contributed by atoms with Crippen LogP contribution in [0.15, 0.2) is 27.6 Å². The summed E-state index contributed by atoms with van der Waals surface area (Å²) in [4.78, 5) is 12.2. The first kappa shape index (κ1) is 16.7. The Labute approximate surface area is 136 Å². The molecule has 1 saturated heterocycles. The number of carbonyl (C=O) groups is 1. The maximum absolute atomic E-state index is 12.3. The van der Waals surface area contributed by atoms with Crippen LogP contribution >= 0.6 is 26.6 Å². The second-order valence-electron chi connectivity index (χ2n) is 4.96. The Morgan fingerprint density at radius 3 is 2.81 bits per heavy atom. The van der Waals surface area contributed by atoms with Crippen LogP contribution in [-0.2, 0) is 13.8 Å². The SMILES string of the molecule is CC1CC(NC(=O)c2cc(S(=O)(=O)Cl)ccc2Br)CCO1. The van der Waals surface area contributed by atoms with Gasteiger partial charge in [0.15, 0.2) is 0 Å². The number of ether oxygens (including phenoxy) is 1. The maximum atomic E-state index is 12.3. The smallest absolute Gasteiger partial charge is 0.261 e. The summed E-state index contributed by atoms with van der Waals surface area (Å²) in [5.41, 5.74) is 0.246. The molecule has 1 aliphatic heterocycles. The molecule has 0 aromatic heterocycles. The van der Waals surface area contributed by atoms with E-state index in [-0.39, 0.29) is 28.5 Å². The molecule has 1 fully saturated rings. The van der Waals surface area contributed by atoms with Crippen molar-refractivity contribution < 1.29 is 17.9 Å². The highest BCUT2D eigenvalue weighted by molar-refractivity contribution is 9.10. The van der Waals surface area contributed by atoms with Gasteiger partial charge < -0.3 is 10.1 Å². The Hall–Kier alpha value is -0.630. The van der Waals surface area contributed by atoms with Crippen molar-refractivity contribution in [3.05, 3.63) is 28.2 Å². The first-order chi connectivity index (χ1) is 9.77. The van der Waals surface area contributed by atoms with Crippen molar-refractivity contribution in [2.24, 2.45) is 0 Å². The molecule has 2 unspecified atom stereocenters. The summed E-state index contributed by atoms with van der Waals surface area (Å²) < 4.78 is 28.7. The Bertz CT molecular complexity index is 650. The van der Waals surface area contributed by atoms with Gasteiger partial charge in [-0.2, -0.15) is 0 Å². The summed E-state index contributed by atoms with van der Waals surface area (Å²) in [6.45, 7) is 2.55. The summed E-state index contributed by atoms with van der Waals surface area (Å²) in [7, 11) is 1.44. The van der Waals surface area contributed by atoms with Crippen molar-refractivity contribution in [3.8, 4) is 0 Å². The van der Waals surface area contributed by atoms with Crippen LogP contribution < -0.4 is 5.32 Å². The number of hydrogen-bond acceptors (Lipinski definition) is 4. The Kier molecular flexibility index (Phi) is 5.29. The van der Waals surface area contributed by atoms with E-state index in [1.807, 2.05) is 6.92 Å². The highest BCUT2D eigenvalue weighted by Gasteiger charge is 2.23. The van der Waals surface area contributed by atoms with Gasteiger partial charge in [0.2, 0.25) is 0 Å². The zero-order valence-electron chi connectivity index (χ0n) is 11.3. The molecule has 0 spiro atoms. The summed E-state index contributed by atoms with van der Waals surface area (Å²) in [5, 5.41) is 2.90. The third kappa shape index (κ3) is 4.42. The summed E-state index contributed by atoms with van der Waals surface area (Å²) in [6.07, 6.45) is 1.57. The van der Waals surface area contributed by atoms with Gasteiger partial charge in [0.05, 0.1) is 16.6 Å². The van der Waals surface area contributed by atoms with Crippen molar-refractivity contribution in [2.75, 3.05) is 6.61 Å². The van der Waals surface area contributed by atoms with E-state index in [4.69, 9.17) is 15.4 Å². The molecule has 1 heterocycles. The van der Waals surface area contributed by atoms with Crippen LogP contribution in [0.5, 0.6) is 0 Å². The number of rotatable bonds is 3. The van der Waals surface area contributed by atoms with Gasteiger partial charge in [0.25, 0.3) is 15.0 Å². The van der Waals surface area contributed by atoms with Crippen LogP contribution in [0.2, 0.25) is 0 Å². The molecule has 2 rings (SSSR count). The number of amides is 1. The zero-order chi connectivity index (χ0) is 15.6. The molecule has 2 atom stereocenters. The second kappa shape index (κ2) is 6.64. The van der Waals surface area contributed by atoms with Gasteiger partial charge in [-0.25, -0.2) is 8.42 Å². The average Bonchev–Trinajstić information content (AvgIpc) is 2.37. The number of nitrogens with one attached hydrogen (secondary N) is 1. The van der Waals surface area contributed by atoms with E-state index in [1.54, 1.807) is 0 Å². The topological polar surface area (TPSA) is 72.5 Å². The Balaban J connectivity index is 2.18. The maximum Gasteiger partial charge on any atom is 0.261 e. The summed E-state index contributed by atoms with van der Waals surface area (Å²) in [6, 6.07) is 4.13. The van der Waals surface area contributed by atoms with Crippen molar-refractivity contribution in [3.63, 3.8) is 0 Å². The number of benzene rings is 1. The van der Waals surface area contributed by atoms with E-state index >= 15 is 0 Å². The summed E-state index contributed by atoms with van der Waals surface area (Å²) in [5.74, 6) is -0.330. The zero-order valence-corrected chi connectivity index (χ0v) is 14.5. The van der Waals surface area contributed by atoms with Crippen LogP contribution in [0, 0.1) is 0 Å². The molecule has 1 aromatic rings. The minimum absolute atomic E-state index is 0.0180. The van der Waals surface area contributed by atoms with Crippen molar-refractivity contribution in [1.82, 2.24) is 5.32 Å². The standard InChI is InChI=1S/C13H15BrClNO4S/c1-8-6-9(4-5-20-8)16-13(17)11-7-10(21(15,18)19)2-3-12(11)14/h2-3,7-9H,4-6H2,1H3,(H,16,17). The molecule has 21 heavy (non-hydrogen) atoms. The quantitative estimate of drug-likeness (QED) is 0.797. The van der Waals surface area contributed by atoms with Gasteiger partial charge in [-0.05, 0) is 53.9 Å². The molecule has 0 bridgehead atoms. The molecule has 0 radical (unpaired) electrons. The first-order valence-electron chi connectivity index (χ1n) is 6.44. The van der Waals surface area contributed by atoms with E-state index < -0.39 is 9.05 Å². The van der Waals surface area contributed by atoms with Gasteiger partial charge in [-0.3, -0.25) is 4.79 Å². The Morgan fingerprint density at radius 1 is 1.48 bits per heavy atom. The molecule has 0 aliphatic carbocycles. The third-order valence-electron chi connectivity index (χ3n) is 3.28. The van der Waals surface area contributed by atoms with E-state index in [9.17, 15) is 13.2 Å². The lowest BCUT2D eigenvalue weighted by molar-refractivity contribution is 0.0136. The minimum Gasteiger partial charge on any atom is -0.378 e. The molecule has 5 nitrogen and oxygen atoms in total. The second-order valence-corrected chi connectivity index (χ2v) is 8.38. The van der Waals surface area contributed by atoms with Crippen molar-refractivity contribution in [1.29, 1.82) is 0 Å². The molecular formula is C13H15BrClNO4S. The van der Waals surface area contributed by atoms with Crippen LogP contribution in [0.4, 0.5) is 0 Å². The lowest BCUT2D eigenvalue weighted by Crippen LogP contribution is -2.41. The van der Waals surface area contributed by atoms with Crippen molar-refractivity contribution >= 4 is 41.6 Å². The number of hydrogen-bond donors (Lipinski definition) is 1. The Morgan fingerprint density at radius 2 is 2.19 bits per heavy atom. The first-order valence-corrected chi connectivity index (χ1v) is 9.54. The van der Waals surface area contributed by atoms with Crippen molar-refractivity contribution in [2.45, 2.75) is 36.8 Å². The van der Waals surface area contributed by atoms with Crippen LogP contribution in [-0.4, -0.2) is 33.1 Å². The van der Waals surface area contributed by atoms with Gasteiger partial charge in [-0.15, -0.1) is 0 Å². The molecule has 1 amide bonds. The van der Waals surface area contributed by atoms with Crippen LogP contribution in [0.25, 0.3) is 0 Å². The highest BCUT2D eigenvalue weighted by Crippen LogP contribution is 2.24. The van der Waals surface area contributed by atoms with Crippen LogP contribution in [0.1, 0.15) is 30.1 Å². The lowest BCUT2D eigenvalue weighted by Gasteiger charge is -2.28. The molecule has 1 aromatic carbocycles. The molecule has 116 valence electrons.